The Hall–Kier alpha value is -3.55. The Morgan fingerprint density at radius 1 is 0.964 bits per heavy atom. The van der Waals surface area contributed by atoms with Crippen LogP contribution in [0.5, 0.6) is 11.5 Å². The summed E-state index contributed by atoms with van der Waals surface area (Å²) in [7, 11) is 4.55. The number of nitrogens with one attached hydrogen (secondary N) is 2. The Balaban J connectivity index is 1.87. The Morgan fingerprint density at radius 2 is 1.71 bits per heavy atom. The van der Waals surface area contributed by atoms with Crippen LogP contribution in [0.2, 0.25) is 0 Å². The quantitative estimate of drug-likeness (QED) is 0.671. The minimum Gasteiger partial charge on any atom is -0.493 e. The van der Waals surface area contributed by atoms with Crippen LogP contribution in [0, 0.1) is 0 Å². The molecule has 0 aromatic heterocycles. The molecule has 8 nitrogen and oxygen atoms in total. The molecule has 0 aliphatic rings. The van der Waals surface area contributed by atoms with Crippen molar-refractivity contribution in [2.45, 2.75) is 6.42 Å². The average Bonchev–Trinajstić information content (AvgIpc) is 2.71. The first-order chi connectivity index (χ1) is 13.5. The number of hydrogen-bond donors (Lipinski definition) is 2. The molecule has 2 N–H and O–H groups in total. The van der Waals surface area contributed by atoms with Crippen LogP contribution < -0.4 is 20.1 Å². The van der Waals surface area contributed by atoms with Crippen molar-refractivity contribution in [2.75, 3.05) is 33.2 Å². The molecule has 2 aromatic carbocycles. The molecular weight excluding hydrogens is 364 g/mol. The highest BCUT2D eigenvalue weighted by atomic mass is 16.5. The zero-order chi connectivity index (χ0) is 20.5. The predicted octanol–water partition coefficient (Wildman–Crippen LogP) is 1.79. The third kappa shape index (κ3) is 5.73. The minimum absolute atomic E-state index is 0.0141. The molecule has 0 unspecified atom stereocenters. The second-order valence-corrected chi connectivity index (χ2v) is 5.73. The van der Waals surface area contributed by atoms with Crippen molar-refractivity contribution in [3.05, 3.63) is 53.6 Å². The zero-order valence-corrected chi connectivity index (χ0v) is 15.9. The Bertz CT molecular complexity index is 866. The van der Waals surface area contributed by atoms with Gasteiger partial charge in [-0.25, -0.2) is 0 Å². The van der Waals surface area contributed by atoms with Crippen molar-refractivity contribution in [1.29, 1.82) is 0 Å². The van der Waals surface area contributed by atoms with E-state index in [1.165, 1.54) is 27.3 Å². The average molecular weight is 386 g/mol. The van der Waals surface area contributed by atoms with Gasteiger partial charge in [0.15, 0.2) is 18.1 Å². The van der Waals surface area contributed by atoms with E-state index in [0.717, 1.165) is 0 Å². The maximum atomic E-state index is 12.0. The molecule has 0 heterocycles. The summed E-state index contributed by atoms with van der Waals surface area (Å²) in [5, 5.41) is 5.08. The number of ether oxygens (including phenoxy) is 3. The van der Waals surface area contributed by atoms with Crippen LogP contribution in [0.25, 0.3) is 0 Å². The van der Waals surface area contributed by atoms with Gasteiger partial charge < -0.3 is 24.8 Å². The number of anilines is 1. The summed E-state index contributed by atoms with van der Waals surface area (Å²) >= 11 is 0. The van der Waals surface area contributed by atoms with Crippen LogP contribution in [-0.4, -0.2) is 45.7 Å². The molecule has 0 aliphatic heterocycles. The maximum absolute atomic E-state index is 12.0. The third-order valence-electron chi connectivity index (χ3n) is 3.80. The lowest BCUT2D eigenvalue weighted by molar-refractivity contribution is -0.146. The van der Waals surface area contributed by atoms with Crippen molar-refractivity contribution < 1.29 is 28.6 Å². The van der Waals surface area contributed by atoms with E-state index in [0.29, 0.717) is 28.3 Å². The summed E-state index contributed by atoms with van der Waals surface area (Å²) in [5.41, 5.74) is 1.51. The maximum Gasteiger partial charge on any atom is 0.310 e. The second kappa shape index (κ2) is 9.96. The number of amides is 2. The van der Waals surface area contributed by atoms with Gasteiger partial charge in [0.05, 0.1) is 20.6 Å². The van der Waals surface area contributed by atoms with Crippen LogP contribution in [-0.2, 0) is 20.7 Å². The van der Waals surface area contributed by atoms with Gasteiger partial charge in [-0.1, -0.05) is 12.1 Å². The van der Waals surface area contributed by atoms with E-state index in [1.54, 1.807) is 36.4 Å². The predicted molar refractivity (Wildman–Crippen MR) is 103 cm³/mol. The fraction of sp³-hybridized carbons (Fsp3) is 0.250. The largest absolute Gasteiger partial charge is 0.493 e. The number of rotatable bonds is 8. The Kier molecular flexibility index (Phi) is 7.38. The lowest BCUT2D eigenvalue weighted by Gasteiger charge is -2.10. The van der Waals surface area contributed by atoms with E-state index >= 15 is 0 Å². The van der Waals surface area contributed by atoms with Gasteiger partial charge in [0.2, 0.25) is 0 Å². The molecule has 0 radical (unpaired) electrons. The van der Waals surface area contributed by atoms with Gasteiger partial charge in [-0.15, -0.1) is 0 Å². The van der Waals surface area contributed by atoms with Crippen LogP contribution in [0.1, 0.15) is 15.9 Å². The lowest BCUT2D eigenvalue weighted by atomic mass is 10.1. The molecule has 0 bridgehead atoms. The fourth-order valence-electron chi connectivity index (χ4n) is 2.43. The summed E-state index contributed by atoms with van der Waals surface area (Å²) in [6, 6.07) is 11.5. The summed E-state index contributed by atoms with van der Waals surface area (Å²) in [4.78, 5) is 35.6. The summed E-state index contributed by atoms with van der Waals surface area (Å²) < 4.78 is 15.3. The summed E-state index contributed by atoms with van der Waals surface area (Å²) in [6.45, 7) is -0.434. The van der Waals surface area contributed by atoms with Gasteiger partial charge in [0, 0.05) is 18.3 Å². The highest BCUT2D eigenvalue weighted by Crippen LogP contribution is 2.27. The number of carbonyl (C=O) groups is 3. The highest BCUT2D eigenvalue weighted by molar-refractivity contribution is 5.97. The number of carbonyl (C=O) groups excluding carboxylic acids is 3. The van der Waals surface area contributed by atoms with E-state index < -0.39 is 18.5 Å². The fourth-order valence-corrected chi connectivity index (χ4v) is 2.43. The van der Waals surface area contributed by atoms with Crippen molar-refractivity contribution in [3.8, 4) is 11.5 Å². The topological polar surface area (TPSA) is 103 Å². The number of benzene rings is 2. The van der Waals surface area contributed by atoms with Gasteiger partial charge in [0.25, 0.3) is 11.8 Å². The first kappa shape index (κ1) is 20.8. The molecule has 0 saturated heterocycles. The van der Waals surface area contributed by atoms with Crippen LogP contribution in [0.4, 0.5) is 5.69 Å². The number of hydrogen-bond acceptors (Lipinski definition) is 6. The Morgan fingerprint density at radius 3 is 2.39 bits per heavy atom. The summed E-state index contributed by atoms with van der Waals surface area (Å²) in [5.74, 6) is -0.270. The van der Waals surface area contributed by atoms with Gasteiger partial charge in [0.1, 0.15) is 0 Å². The van der Waals surface area contributed by atoms with E-state index in [4.69, 9.17) is 14.2 Å². The van der Waals surface area contributed by atoms with Crippen molar-refractivity contribution >= 4 is 23.5 Å². The Labute approximate surface area is 162 Å². The van der Waals surface area contributed by atoms with Gasteiger partial charge >= 0.3 is 5.97 Å². The minimum atomic E-state index is -0.554. The standard InChI is InChI=1S/C20H22N2O6/c1-21-20(25)14-5-4-6-15(11-14)22-18(23)12-28-19(24)10-13-7-8-16(26-2)17(9-13)27-3/h4-9,11H,10,12H2,1-3H3,(H,21,25)(H,22,23). The molecule has 0 fully saturated rings. The van der Waals surface area contributed by atoms with Gasteiger partial charge in [-0.3, -0.25) is 14.4 Å². The van der Waals surface area contributed by atoms with E-state index in [2.05, 4.69) is 10.6 Å². The zero-order valence-electron chi connectivity index (χ0n) is 15.9. The van der Waals surface area contributed by atoms with Crippen LogP contribution in [0.3, 0.4) is 0 Å². The molecule has 2 amide bonds. The SMILES string of the molecule is CNC(=O)c1cccc(NC(=O)COC(=O)Cc2ccc(OC)c(OC)c2)c1. The van der Waals surface area contributed by atoms with Crippen molar-refractivity contribution in [3.63, 3.8) is 0 Å². The molecule has 2 aromatic rings. The van der Waals surface area contributed by atoms with Gasteiger partial charge in [-0.2, -0.15) is 0 Å². The molecular formula is C20H22N2O6. The van der Waals surface area contributed by atoms with E-state index in [9.17, 15) is 14.4 Å². The van der Waals surface area contributed by atoms with E-state index in [1.807, 2.05) is 0 Å². The first-order valence-electron chi connectivity index (χ1n) is 8.45. The molecule has 8 heteroatoms. The molecule has 148 valence electrons. The van der Waals surface area contributed by atoms with Gasteiger partial charge in [-0.05, 0) is 35.9 Å². The molecule has 0 aliphatic carbocycles. The smallest absolute Gasteiger partial charge is 0.310 e. The summed E-state index contributed by atoms with van der Waals surface area (Å²) in [6.07, 6.45) is -0.0141. The van der Waals surface area contributed by atoms with E-state index in [-0.39, 0.29) is 12.3 Å². The number of esters is 1. The lowest BCUT2D eigenvalue weighted by Crippen LogP contribution is -2.22. The number of methoxy groups -OCH3 is 2. The highest BCUT2D eigenvalue weighted by Gasteiger charge is 2.12. The molecule has 28 heavy (non-hydrogen) atoms. The monoisotopic (exact) mass is 386 g/mol. The molecule has 0 spiro atoms. The molecule has 0 atom stereocenters. The van der Waals surface area contributed by atoms with Crippen molar-refractivity contribution in [1.82, 2.24) is 5.32 Å². The second-order valence-electron chi connectivity index (χ2n) is 5.73. The first-order valence-corrected chi connectivity index (χ1v) is 8.45. The van der Waals surface area contributed by atoms with Crippen LogP contribution >= 0.6 is 0 Å². The van der Waals surface area contributed by atoms with Crippen molar-refractivity contribution in [2.24, 2.45) is 0 Å². The third-order valence-corrected chi connectivity index (χ3v) is 3.80. The molecule has 2 rings (SSSR count). The molecule has 0 saturated carbocycles. The normalized spacial score (nSPS) is 9.96. The van der Waals surface area contributed by atoms with Crippen LogP contribution in [0.15, 0.2) is 42.5 Å².